The van der Waals surface area contributed by atoms with Crippen LogP contribution in [0.15, 0.2) is 30.5 Å². The minimum absolute atomic E-state index is 0.0774. The molecule has 1 heterocycles. The Bertz CT molecular complexity index is 990. The van der Waals surface area contributed by atoms with E-state index in [0.717, 1.165) is 36.2 Å². The average Bonchev–Trinajstić information content (AvgIpc) is 2.83. The third kappa shape index (κ3) is 6.38. The molecule has 1 amide bonds. The summed E-state index contributed by atoms with van der Waals surface area (Å²) in [4.78, 5) is 28.1. The Kier molecular flexibility index (Phi) is 8.55. The van der Waals surface area contributed by atoms with E-state index >= 15 is 0 Å². The lowest BCUT2D eigenvalue weighted by molar-refractivity contribution is -0.143. The number of hydrogen-bond acceptors (Lipinski definition) is 5. The second kappa shape index (κ2) is 11.4. The lowest BCUT2D eigenvalue weighted by Crippen LogP contribution is -2.32. The van der Waals surface area contributed by atoms with Crippen LogP contribution in [0.25, 0.3) is 0 Å². The number of pyridine rings is 1. The molecule has 1 aromatic carbocycles. The minimum atomic E-state index is -0.719. The smallest absolute Gasteiger partial charge is 0.306 e. The fourth-order valence-corrected chi connectivity index (χ4v) is 4.48. The van der Waals surface area contributed by atoms with Crippen molar-refractivity contribution in [3.05, 3.63) is 52.3 Å². The van der Waals surface area contributed by atoms with E-state index in [1.54, 1.807) is 31.5 Å². The van der Waals surface area contributed by atoms with Crippen LogP contribution >= 0.6 is 11.6 Å². The molecular weight excluding hydrogens is 442 g/mol. The van der Waals surface area contributed by atoms with E-state index in [4.69, 9.17) is 21.4 Å². The van der Waals surface area contributed by atoms with E-state index in [1.165, 1.54) is 0 Å². The topological polar surface area (TPSA) is 101 Å². The van der Waals surface area contributed by atoms with Crippen LogP contribution in [-0.4, -0.2) is 35.6 Å². The molecule has 2 aromatic rings. The summed E-state index contributed by atoms with van der Waals surface area (Å²) in [6.07, 6.45) is 5.53. The number of carbonyl (C=O) groups is 2. The molecule has 1 saturated carbocycles. The van der Waals surface area contributed by atoms with Crippen LogP contribution in [0.3, 0.4) is 0 Å². The zero-order valence-corrected chi connectivity index (χ0v) is 20.1. The number of ether oxygens (including phenoxy) is 1. The number of aromatic nitrogens is 1. The van der Waals surface area contributed by atoms with E-state index in [2.05, 4.69) is 22.5 Å². The molecule has 178 valence electrons. The number of rotatable bonds is 9. The lowest BCUT2D eigenvalue weighted by atomic mass is 9.82. The third-order valence-corrected chi connectivity index (χ3v) is 6.67. The maximum Gasteiger partial charge on any atom is 0.306 e. The van der Waals surface area contributed by atoms with Crippen molar-refractivity contribution < 1.29 is 19.4 Å². The van der Waals surface area contributed by atoms with E-state index in [1.807, 2.05) is 13.0 Å². The first-order chi connectivity index (χ1) is 15.8. The maximum atomic E-state index is 12.6. The first-order valence-corrected chi connectivity index (χ1v) is 11.8. The summed E-state index contributed by atoms with van der Waals surface area (Å²) in [5.74, 6) is -0.135. The zero-order valence-electron chi connectivity index (χ0n) is 19.4. The molecule has 8 heteroatoms. The molecule has 3 rings (SSSR count). The molecule has 3 N–H and O–H groups in total. The first kappa shape index (κ1) is 24.8. The summed E-state index contributed by atoms with van der Waals surface area (Å²) in [6.45, 7) is 4.62. The minimum Gasteiger partial charge on any atom is -0.495 e. The van der Waals surface area contributed by atoms with E-state index in [0.29, 0.717) is 41.6 Å². The number of carboxylic acid groups (broad SMARTS) is 1. The van der Waals surface area contributed by atoms with Gasteiger partial charge < -0.3 is 20.5 Å². The molecule has 1 unspecified atom stereocenters. The van der Waals surface area contributed by atoms with Crippen molar-refractivity contribution in [2.24, 2.45) is 11.8 Å². The molecule has 0 spiro atoms. The molecule has 0 saturated heterocycles. The van der Waals surface area contributed by atoms with Crippen molar-refractivity contribution in [2.75, 3.05) is 19.0 Å². The predicted molar refractivity (Wildman–Crippen MR) is 129 cm³/mol. The molecule has 0 radical (unpaired) electrons. The summed E-state index contributed by atoms with van der Waals surface area (Å²) < 4.78 is 5.46. The zero-order chi connectivity index (χ0) is 24.0. The Hall–Kier alpha value is -2.80. The van der Waals surface area contributed by atoms with E-state index in [-0.39, 0.29) is 17.9 Å². The van der Waals surface area contributed by atoms with Gasteiger partial charge in [0.2, 0.25) is 0 Å². The number of benzene rings is 1. The van der Waals surface area contributed by atoms with Crippen molar-refractivity contribution in [2.45, 2.75) is 52.0 Å². The number of nitrogens with zero attached hydrogens (tertiary/aromatic N) is 1. The number of anilines is 1. The van der Waals surface area contributed by atoms with Crippen LogP contribution in [0, 0.1) is 11.8 Å². The Labute approximate surface area is 199 Å². The van der Waals surface area contributed by atoms with Gasteiger partial charge in [-0.15, -0.1) is 0 Å². The Morgan fingerprint density at radius 1 is 1.24 bits per heavy atom. The summed E-state index contributed by atoms with van der Waals surface area (Å²) in [5, 5.41) is 15.9. The third-order valence-electron chi connectivity index (χ3n) is 6.35. The summed E-state index contributed by atoms with van der Waals surface area (Å²) in [7, 11) is 1.62. The van der Waals surface area contributed by atoms with Gasteiger partial charge in [-0.25, -0.2) is 0 Å². The lowest BCUT2D eigenvalue weighted by Gasteiger charge is -2.26. The molecule has 1 aromatic heterocycles. The number of halogens is 1. The second-order valence-corrected chi connectivity index (χ2v) is 9.00. The van der Waals surface area contributed by atoms with Crippen LogP contribution in [0.4, 0.5) is 5.69 Å². The van der Waals surface area contributed by atoms with Gasteiger partial charge in [0.15, 0.2) is 0 Å². The Balaban J connectivity index is 1.59. The number of aliphatic carboxylic acids is 1. The molecular formula is C25H32ClN3O4. The summed E-state index contributed by atoms with van der Waals surface area (Å²) in [6, 6.07) is 7.16. The Morgan fingerprint density at radius 3 is 2.58 bits per heavy atom. The fraction of sp³-hybridized carbons (Fsp3) is 0.480. The predicted octanol–water partition coefficient (Wildman–Crippen LogP) is 5.10. The van der Waals surface area contributed by atoms with Gasteiger partial charge in [0.05, 0.1) is 36.0 Å². The highest BCUT2D eigenvalue weighted by atomic mass is 35.5. The number of carbonyl (C=O) groups excluding carboxylic acids is 1. The molecule has 7 nitrogen and oxygen atoms in total. The molecule has 1 aliphatic carbocycles. The van der Waals surface area contributed by atoms with Crippen LogP contribution in [-0.2, 0) is 11.2 Å². The van der Waals surface area contributed by atoms with Crippen molar-refractivity contribution in [3.63, 3.8) is 0 Å². The normalized spacial score (nSPS) is 18.9. The highest BCUT2D eigenvalue weighted by Crippen LogP contribution is 2.32. The Morgan fingerprint density at radius 2 is 1.97 bits per heavy atom. The molecule has 1 fully saturated rings. The van der Waals surface area contributed by atoms with Crippen LogP contribution in [0.1, 0.15) is 67.2 Å². The SMILES string of the molecule is CCc1cc(C(C)Nc2ccc(C(=O)NCC3CCC(C(=O)O)CC3)cc2Cl)c(OC)cn1. The second-order valence-electron chi connectivity index (χ2n) is 8.60. The summed E-state index contributed by atoms with van der Waals surface area (Å²) >= 11 is 6.49. The summed E-state index contributed by atoms with van der Waals surface area (Å²) in [5.41, 5.74) is 3.19. The average molecular weight is 474 g/mol. The molecule has 1 aliphatic rings. The first-order valence-electron chi connectivity index (χ1n) is 11.4. The van der Waals surface area contributed by atoms with Crippen LogP contribution in [0.5, 0.6) is 5.75 Å². The number of carboxylic acids is 1. The molecule has 0 bridgehead atoms. The van der Waals surface area contributed by atoms with Crippen molar-refractivity contribution in [1.29, 1.82) is 0 Å². The van der Waals surface area contributed by atoms with Gasteiger partial charge in [-0.05, 0) is 69.2 Å². The van der Waals surface area contributed by atoms with Crippen molar-refractivity contribution in [1.82, 2.24) is 10.3 Å². The van der Waals surface area contributed by atoms with Gasteiger partial charge in [-0.2, -0.15) is 0 Å². The molecule has 33 heavy (non-hydrogen) atoms. The number of aryl methyl sites for hydroxylation is 1. The van der Waals surface area contributed by atoms with Gasteiger partial charge in [0, 0.05) is 23.4 Å². The fourth-order valence-electron chi connectivity index (χ4n) is 4.24. The van der Waals surface area contributed by atoms with Crippen molar-refractivity contribution in [3.8, 4) is 5.75 Å². The van der Waals surface area contributed by atoms with E-state index < -0.39 is 5.97 Å². The number of amides is 1. The van der Waals surface area contributed by atoms with Crippen molar-refractivity contribution >= 4 is 29.2 Å². The van der Waals surface area contributed by atoms with E-state index in [9.17, 15) is 9.59 Å². The highest BCUT2D eigenvalue weighted by molar-refractivity contribution is 6.33. The number of hydrogen-bond donors (Lipinski definition) is 3. The standard InChI is InChI=1S/C25H32ClN3O4/c1-4-19-12-20(23(33-3)14-27-19)15(2)29-22-10-9-18(11-21(22)26)24(30)28-13-16-5-7-17(8-6-16)25(31)32/h9-12,14-17,29H,4-8,13H2,1-3H3,(H,28,30)(H,31,32). The van der Waals surface area contributed by atoms with Gasteiger partial charge in [-0.1, -0.05) is 18.5 Å². The largest absolute Gasteiger partial charge is 0.495 e. The van der Waals surface area contributed by atoms with Gasteiger partial charge in [0.1, 0.15) is 5.75 Å². The molecule has 1 atom stereocenters. The maximum absolute atomic E-state index is 12.6. The van der Waals surface area contributed by atoms with Gasteiger partial charge in [0.25, 0.3) is 5.91 Å². The monoisotopic (exact) mass is 473 g/mol. The van der Waals surface area contributed by atoms with Gasteiger partial charge in [-0.3, -0.25) is 14.6 Å². The molecule has 0 aliphatic heterocycles. The van der Waals surface area contributed by atoms with Crippen LogP contribution < -0.4 is 15.4 Å². The number of nitrogens with one attached hydrogen (secondary N) is 2. The van der Waals surface area contributed by atoms with Crippen LogP contribution in [0.2, 0.25) is 5.02 Å². The quantitative estimate of drug-likeness (QED) is 0.468. The highest BCUT2D eigenvalue weighted by Gasteiger charge is 2.26. The number of methoxy groups -OCH3 is 1. The van der Waals surface area contributed by atoms with Gasteiger partial charge >= 0.3 is 5.97 Å².